The van der Waals surface area contributed by atoms with Crippen LogP contribution < -0.4 is 4.72 Å². The lowest BCUT2D eigenvalue weighted by Crippen LogP contribution is -2.15. The minimum Gasteiger partial charge on any atom is -0.392 e. The Morgan fingerprint density at radius 1 is 1.15 bits per heavy atom. The monoisotopic (exact) mass is 315 g/mol. The smallest absolute Gasteiger partial charge is 0.264 e. The number of hydrogen-bond donors (Lipinski definition) is 2. The molecule has 0 unspecified atom stereocenters. The number of benzene rings is 2. The Kier molecular flexibility index (Phi) is 4.27. The van der Waals surface area contributed by atoms with Crippen molar-refractivity contribution in [2.45, 2.75) is 11.5 Å². The molecule has 106 valence electrons. The molecular weight excluding hydrogens is 305 g/mol. The first-order valence-electron chi connectivity index (χ1n) is 5.61. The summed E-state index contributed by atoms with van der Waals surface area (Å²) in [5, 5.41) is 8.88. The zero-order valence-corrected chi connectivity index (χ0v) is 11.7. The molecule has 0 aliphatic heterocycles. The van der Waals surface area contributed by atoms with Gasteiger partial charge in [0.25, 0.3) is 10.0 Å². The molecule has 2 aromatic rings. The lowest BCUT2D eigenvalue weighted by Gasteiger charge is -2.12. The third kappa shape index (κ3) is 2.92. The lowest BCUT2D eigenvalue weighted by atomic mass is 10.2. The van der Waals surface area contributed by atoms with Crippen molar-refractivity contribution >= 4 is 27.3 Å². The predicted molar refractivity (Wildman–Crippen MR) is 74.6 cm³/mol. The van der Waals surface area contributed by atoms with Gasteiger partial charge in [-0.05, 0) is 18.2 Å². The van der Waals surface area contributed by atoms with Gasteiger partial charge >= 0.3 is 0 Å². The molecule has 0 atom stereocenters. The Labute approximate surface area is 120 Å². The molecule has 0 radical (unpaired) electrons. The van der Waals surface area contributed by atoms with E-state index in [-0.39, 0.29) is 17.3 Å². The van der Waals surface area contributed by atoms with Gasteiger partial charge in [-0.1, -0.05) is 35.9 Å². The molecule has 0 amide bonds. The van der Waals surface area contributed by atoms with Crippen molar-refractivity contribution in [1.29, 1.82) is 0 Å². The molecule has 0 aliphatic rings. The molecule has 0 aliphatic carbocycles. The second-order valence-corrected chi connectivity index (χ2v) is 6.03. The number of hydrogen-bond acceptors (Lipinski definition) is 3. The van der Waals surface area contributed by atoms with Gasteiger partial charge in [-0.15, -0.1) is 0 Å². The summed E-state index contributed by atoms with van der Waals surface area (Å²) in [5.41, 5.74) is 0.577. The maximum absolute atomic E-state index is 13.8. The van der Waals surface area contributed by atoms with Crippen LogP contribution in [0.15, 0.2) is 47.4 Å². The zero-order valence-electron chi connectivity index (χ0n) is 10.2. The molecule has 0 fully saturated rings. The molecule has 0 saturated carbocycles. The number of anilines is 1. The standard InChI is InChI=1S/C13H11ClFNO3S/c14-10-5-3-7-12(13(10)15)20(18,19)16-11-6-2-1-4-9(11)8-17/h1-7,16-17H,8H2. The van der Waals surface area contributed by atoms with Crippen LogP contribution in [-0.2, 0) is 16.6 Å². The Bertz CT molecular complexity index is 734. The summed E-state index contributed by atoms with van der Waals surface area (Å²) in [7, 11) is -4.12. The summed E-state index contributed by atoms with van der Waals surface area (Å²) in [5.74, 6) is -1.01. The molecule has 0 bridgehead atoms. The number of para-hydroxylation sites is 1. The Hall–Kier alpha value is -1.63. The third-order valence-electron chi connectivity index (χ3n) is 2.64. The molecule has 0 heterocycles. The molecular formula is C13H11ClFNO3S. The molecule has 2 rings (SSSR count). The fraction of sp³-hybridized carbons (Fsp3) is 0.0769. The summed E-state index contributed by atoms with van der Waals surface area (Å²) in [6.07, 6.45) is 0. The van der Waals surface area contributed by atoms with Crippen molar-refractivity contribution in [3.63, 3.8) is 0 Å². The van der Waals surface area contributed by atoms with E-state index >= 15 is 0 Å². The van der Waals surface area contributed by atoms with Gasteiger partial charge in [-0.25, -0.2) is 12.8 Å². The number of halogens is 2. The molecule has 0 saturated heterocycles. The third-order valence-corrected chi connectivity index (χ3v) is 4.31. The SMILES string of the molecule is O=S(=O)(Nc1ccccc1CO)c1cccc(Cl)c1F. The average molecular weight is 316 g/mol. The number of aliphatic hydroxyl groups excluding tert-OH is 1. The van der Waals surface area contributed by atoms with E-state index in [4.69, 9.17) is 16.7 Å². The topological polar surface area (TPSA) is 66.4 Å². The van der Waals surface area contributed by atoms with Crippen LogP contribution in [-0.4, -0.2) is 13.5 Å². The minimum absolute atomic E-state index is 0.189. The molecule has 2 aromatic carbocycles. The van der Waals surface area contributed by atoms with Gasteiger partial charge in [0.2, 0.25) is 0 Å². The first-order chi connectivity index (χ1) is 9.45. The zero-order chi connectivity index (χ0) is 14.8. The highest BCUT2D eigenvalue weighted by atomic mass is 35.5. The van der Waals surface area contributed by atoms with Gasteiger partial charge in [-0.3, -0.25) is 4.72 Å². The van der Waals surface area contributed by atoms with Crippen molar-refractivity contribution in [1.82, 2.24) is 0 Å². The van der Waals surface area contributed by atoms with Crippen LogP contribution in [0.4, 0.5) is 10.1 Å². The van der Waals surface area contributed by atoms with Crippen molar-refractivity contribution in [3.05, 3.63) is 58.9 Å². The van der Waals surface area contributed by atoms with Gasteiger partial charge in [0.05, 0.1) is 17.3 Å². The lowest BCUT2D eigenvalue weighted by molar-refractivity contribution is 0.282. The molecule has 0 aromatic heterocycles. The maximum atomic E-state index is 13.8. The average Bonchev–Trinajstić information content (AvgIpc) is 2.42. The van der Waals surface area contributed by atoms with E-state index < -0.39 is 20.7 Å². The van der Waals surface area contributed by atoms with E-state index in [0.29, 0.717) is 5.56 Å². The second-order valence-electron chi connectivity index (χ2n) is 3.97. The summed E-state index contributed by atoms with van der Waals surface area (Å²) >= 11 is 5.57. The Morgan fingerprint density at radius 2 is 1.85 bits per heavy atom. The summed E-state index contributed by atoms with van der Waals surface area (Å²) in [6, 6.07) is 10.0. The summed E-state index contributed by atoms with van der Waals surface area (Å²) in [4.78, 5) is -0.544. The van der Waals surface area contributed by atoms with Crippen LogP contribution in [0.25, 0.3) is 0 Å². The molecule has 7 heteroatoms. The van der Waals surface area contributed by atoms with Gasteiger partial charge < -0.3 is 5.11 Å². The highest BCUT2D eigenvalue weighted by Gasteiger charge is 2.21. The quantitative estimate of drug-likeness (QED) is 0.911. The van der Waals surface area contributed by atoms with Crippen LogP contribution in [0.3, 0.4) is 0 Å². The molecule has 20 heavy (non-hydrogen) atoms. The van der Waals surface area contributed by atoms with Crippen molar-refractivity contribution in [2.24, 2.45) is 0 Å². The minimum atomic E-state index is -4.12. The molecule has 2 N–H and O–H groups in total. The molecule has 0 spiro atoms. The van der Waals surface area contributed by atoms with E-state index in [9.17, 15) is 12.8 Å². The van der Waals surface area contributed by atoms with E-state index in [1.807, 2.05) is 0 Å². The van der Waals surface area contributed by atoms with Gasteiger partial charge in [0, 0.05) is 5.56 Å². The number of nitrogens with one attached hydrogen (secondary N) is 1. The first kappa shape index (κ1) is 14.8. The fourth-order valence-corrected chi connectivity index (χ4v) is 3.08. The largest absolute Gasteiger partial charge is 0.392 e. The van der Waals surface area contributed by atoms with Crippen LogP contribution in [0.2, 0.25) is 5.02 Å². The van der Waals surface area contributed by atoms with Crippen LogP contribution in [0.1, 0.15) is 5.56 Å². The maximum Gasteiger partial charge on any atom is 0.264 e. The van der Waals surface area contributed by atoms with E-state index in [0.717, 1.165) is 6.07 Å². The Morgan fingerprint density at radius 3 is 2.55 bits per heavy atom. The second kappa shape index (κ2) is 5.78. The van der Waals surface area contributed by atoms with Crippen LogP contribution >= 0.6 is 11.6 Å². The summed E-state index contributed by atoms with van der Waals surface area (Å²) < 4.78 is 40.3. The summed E-state index contributed by atoms with van der Waals surface area (Å²) in [6.45, 7) is -0.337. The van der Waals surface area contributed by atoms with Crippen LogP contribution in [0.5, 0.6) is 0 Å². The van der Waals surface area contributed by atoms with Crippen LogP contribution in [0, 0.1) is 5.82 Å². The Balaban J connectivity index is 2.44. The number of aliphatic hydroxyl groups is 1. The van der Waals surface area contributed by atoms with E-state index in [1.54, 1.807) is 18.2 Å². The number of sulfonamides is 1. The highest BCUT2D eigenvalue weighted by Crippen LogP contribution is 2.25. The predicted octanol–water partition coefficient (Wildman–Crippen LogP) is 2.77. The van der Waals surface area contributed by atoms with Gasteiger partial charge in [-0.2, -0.15) is 0 Å². The van der Waals surface area contributed by atoms with E-state index in [2.05, 4.69) is 4.72 Å². The first-order valence-corrected chi connectivity index (χ1v) is 7.47. The van der Waals surface area contributed by atoms with E-state index in [1.165, 1.54) is 18.2 Å². The normalized spacial score (nSPS) is 11.3. The number of rotatable bonds is 4. The van der Waals surface area contributed by atoms with Crippen molar-refractivity contribution in [3.8, 4) is 0 Å². The highest BCUT2D eigenvalue weighted by molar-refractivity contribution is 7.92. The molecule has 4 nitrogen and oxygen atoms in total. The van der Waals surface area contributed by atoms with Gasteiger partial charge in [0.1, 0.15) is 4.90 Å². The van der Waals surface area contributed by atoms with Crippen molar-refractivity contribution < 1.29 is 17.9 Å². The fourth-order valence-electron chi connectivity index (χ4n) is 1.65. The van der Waals surface area contributed by atoms with Gasteiger partial charge in [0.15, 0.2) is 5.82 Å². The van der Waals surface area contributed by atoms with Crippen molar-refractivity contribution in [2.75, 3.05) is 4.72 Å².